The van der Waals surface area contributed by atoms with Gasteiger partial charge in [0.15, 0.2) is 11.5 Å². The van der Waals surface area contributed by atoms with Crippen LogP contribution < -0.4 is 5.32 Å². The summed E-state index contributed by atoms with van der Waals surface area (Å²) >= 11 is 0. The predicted molar refractivity (Wildman–Crippen MR) is 71.1 cm³/mol. The second-order valence-electron chi connectivity index (χ2n) is 5.11. The molecule has 1 saturated heterocycles. The van der Waals surface area contributed by atoms with Crippen LogP contribution in [0.15, 0.2) is 24.4 Å². The Bertz CT molecular complexity index is 684. The lowest BCUT2D eigenvalue weighted by atomic mass is 10.2. The van der Waals surface area contributed by atoms with Gasteiger partial charge in [0, 0.05) is 12.7 Å². The van der Waals surface area contributed by atoms with Crippen LogP contribution in [0.1, 0.15) is 24.7 Å². The van der Waals surface area contributed by atoms with E-state index >= 15 is 0 Å². The molecule has 0 spiro atoms. The van der Waals surface area contributed by atoms with E-state index in [1.165, 1.54) is 4.90 Å². The van der Waals surface area contributed by atoms with Gasteiger partial charge in [-0.05, 0) is 25.0 Å². The van der Waals surface area contributed by atoms with E-state index in [1.54, 1.807) is 16.7 Å². The van der Waals surface area contributed by atoms with E-state index in [0.29, 0.717) is 30.9 Å². The molecule has 3 heterocycles. The highest BCUT2D eigenvalue weighted by Crippen LogP contribution is 2.31. The van der Waals surface area contributed by atoms with E-state index in [1.807, 2.05) is 17.4 Å². The number of likely N-dealkylation sites (tertiary alicyclic amines) is 1. The Kier molecular flexibility index (Phi) is 3.63. The van der Waals surface area contributed by atoms with Crippen molar-refractivity contribution in [3.8, 4) is 0 Å². The van der Waals surface area contributed by atoms with Crippen LogP contribution in [0.25, 0.3) is 5.65 Å². The Morgan fingerprint density at radius 1 is 1.36 bits per heavy atom. The summed E-state index contributed by atoms with van der Waals surface area (Å²) in [6.07, 6.45) is -1.29. The number of pyridine rings is 1. The van der Waals surface area contributed by atoms with Crippen molar-refractivity contribution in [1.82, 2.24) is 24.8 Å². The minimum absolute atomic E-state index is 0.370. The molecule has 0 radical (unpaired) electrons. The topological polar surface area (TPSA) is 62.5 Å². The van der Waals surface area contributed by atoms with Gasteiger partial charge in [0.1, 0.15) is 6.54 Å². The molecule has 1 aliphatic heterocycles. The van der Waals surface area contributed by atoms with Crippen LogP contribution in [-0.4, -0.2) is 44.8 Å². The Morgan fingerprint density at radius 2 is 2.18 bits per heavy atom. The predicted octanol–water partition coefficient (Wildman–Crippen LogP) is 2.14. The summed E-state index contributed by atoms with van der Waals surface area (Å²) in [6.45, 7) is -0.939. The van der Waals surface area contributed by atoms with Gasteiger partial charge in [0.25, 0.3) is 0 Å². The fraction of sp³-hybridized carbons (Fsp3) is 0.462. The molecule has 2 aromatic rings. The fourth-order valence-electron chi connectivity index (χ4n) is 2.64. The average Bonchev–Trinajstić information content (AvgIpc) is 3.09. The summed E-state index contributed by atoms with van der Waals surface area (Å²) in [6, 6.07) is 4.30. The Hall–Kier alpha value is -2.32. The Balaban J connectivity index is 1.80. The third-order valence-corrected chi connectivity index (χ3v) is 3.59. The van der Waals surface area contributed by atoms with Crippen molar-refractivity contribution in [1.29, 1.82) is 0 Å². The minimum atomic E-state index is -4.42. The molecular formula is C13H14F3N5O. The SMILES string of the molecule is O=C(NCC(F)(F)F)N1CCC[C@@H]1c1nnc2ccccn12. The third-order valence-electron chi connectivity index (χ3n) is 3.59. The van der Waals surface area contributed by atoms with Crippen LogP contribution in [0.5, 0.6) is 0 Å². The zero-order valence-electron chi connectivity index (χ0n) is 11.5. The van der Waals surface area contributed by atoms with Gasteiger partial charge < -0.3 is 10.2 Å². The molecular weight excluding hydrogens is 299 g/mol. The molecule has 1 N–H and O–H groups in total. The van der Waals surface area contributed by atoms with Crippen LogP contribution in [0.2, 0.25) is 0 Å². The summed E-state index contributed by atoms with van der Waals surface area (Å²) in [7, 11) is 0. The molecule has 0 saturated carbocycles. The van der Waals surface area contributed by atoms with Crippen molar-refractivity contribution >= 4 is 11.7 Å². The van der Waals surface area contributed by atoms with Gasteiger partial charge in [-0.15, -0.1) is 10.2 Å². The van der Waals surface area contributed by atoms with Gasteiger partial charge >= 0.3 is 12.2 Å². The summed E-state index contributed by atoms with van der Waals surface area (Å²) in [5, 5.41) is 10.0. The molecule has 0 aliphatic carbocycles. The first-order valence-electron chi connectivity index (χ1n) is 6.86. The number of amides is 2. The maximum atomic E-state index is 12.2. The van der Waals surface area contributed by atoms with Gasteiger partial charge in [0.2, 0.25) is 0 Å². The zero-order chi connectivity index (χ0) is 15.7. The standard InChI is InChI=1S/C13H14F3N5O/c14-13(15,16)8-17-12(22)20-7-3-4-9(20)11-19-18-10-5-1-2-6-21(10)11/h1-2,5-6,9H,3-4,7-8H2,(H,17,22)/t9-/m1/s1. The number of halogens is 3. The highest BCUT2D eigenvalue weighted by Gasteiger charge is 2.35. The lowest BCUT2D eigenvalue weighted by Crippen LogP contribution is -2.43. The maximum absolute atomic E-state index is 12.2. The number of carbonyl (C=O) groups excluding carboxylic acids is 1. The highest BCUT2D eigenvalue weighted by molar-refractivity contribution is 5.75. The van der Waals surface area contributed by atoms with Crippen LogP contribution in [0.3, 0.4) is 0 Å². The molecule has 118 valence electrons. The van der Waals surface area contributed by atoms with Crippen LogP contribution in [-0.2, 0) is 0 Å². The number of carbonyl (C=O) groups is 1. The summed E-state index contributed by atoms with van der Waals surface area (Å²) in [5.41, 5.74) is 0.639. The minimum Gasteiger partial charge on any atom is -0.329 e. The Morgan fingerprint density at radius 3 is 2.95 bits per heavy atom. The number of aromatic nitrogens is 3. The second kappa shape index (κ2) is 5.47. The first-order chi connectivity index (χ1) is 10.5. The van der Waals surface area contributed by atoms with Gasteiger partial charge in [-0.1, -0.05) is 6.07 Å². The zero-order valence-corrected chi connectivity index (χ0v) is 11.5. The molecule has 2 aromatic heterocycles. The van der Waals surface area contributed by atoms with Gasteiger partial charge in [-0.2, -0.15) is 13.2 Å². The molecule has 2 amide bonds. The maximum Gasteiger partial charge on any atom is 0.405 e. The van der Waals surface area contributed by atoms with E-state index in [0.717, 1.165) is 0 Å². The van der Waals surface area contributed by atoms with Crippen molar-refractivity contribution in [2.45, 2.75) is 25.1 Å². The van der Waals surface area contributed by atoms with Crippen molar-refractivity contribution in [3.05, 3.63) is 30.2 Å². The highest BCUT2D eigenvalue weighted by atomic mass is 19.4. The van der Waals surface area contributed by atoms with Crippen molar-refractivity contribution in [2.75, 3.05) is 13.1 Å². The quantitative estimate of drug-likeness (QED) is 0.924. The lowest BCUT2D eigenvalue weighted by molar-refractivity contribution is -0.123. The van der Waals surface area contributed by atoms with Crippen molar-refractivity contribution in [3.63, 3.8) is 0 Å². The number of fused-ring (bicyclic) bond motifs is 1. The molecule has 3 rings (SSSR count). The van der Waals surface area contributed by atoms with Gasteiger partial charge in [-0.25, -0.2) is 4.79 Å². The number of urea groups is 1. The number of alkyl halides is 3. The first-order valence-corrected chi connectivity index (χ1v) is 6.86. The number of hydrogen-bond acceptors (Lipinski definition) is 3. The molecule has 9 heteroatoms. The monoisotopic (exact) mass is 313 g/mol. The third kappa shape index (κ3) is 2.83. The second-order valence-corrected chi connectivity index (χ2v) is 5.11. The van der Waals surface area contributed by atoms with Crippen LogP contribution in [0, 0.1) is 0 Å². The number of nitrogens with zero attached hydrogens (tertiary/aromatic N) is 4. The average molecular weight is 313 g/mol. The van der Waals surface area contributed by atoms with Crippen LogP contribution in [0.4, 0.5) is 18.0 Å². The summed E-state index contributed by atoms with van der Waals surface area (Å²) in [4.78, 5) is 13.4. The summed E-state index contributed by atoms with van der Waals surface area (Å²) < 4.78 is 38.4. The largest absolute Gasteiger partial charge is 0.405 e. The molecule has 0 unspecified atom stereocenters. The van der Waals surface area contributed by atoms with Gasteiger partial charge in [-0.3, -0.25) is 4.40 Å². The molecule has 0 aromatic carbocycles. The fourth-order valence-corrected chi connectivity index (χ4v) is 2.64. The van der Waals surface area contributed by atoms with Crippen molar-refractivity contribution < 1.29 is 18.0 Å². The molecule has 22 heavy (non-hydrogen) atoms. The summed E-state index contributed by atoms with van der Waals surface area (Å²) in [5.74, 6) is 0.565. The lowest BCUT2D eigenvalue weighted by Gasteiger charge is -2.24. The normalized spacial score (nSPS) is 18.9. The molecule has 1 atom stereocenters. The molecule has 6 nitrogen and oxygen atoms in total. The molecule has 1 fully saturated rings. The first kappa shape index (κ1) is 14.6. The Labute approximate surface area is 123 Å². The molecule has 1 aliphatic rings. The van der Waals surface area contributed by atoms with E-state index in [-0.39, 0.29) is 6.04 Å². The number of nitrogens with one attached hydrogen (secondary N) is 1. The van der Waals surface area contributed by atoms with E-state index in [2.05, 4.69) is 10.2 Å². The van der Waals surface area contributed by atoms with Gasteiger partial charge in [0.05, 0.1) is 6.04 Å². The van der Waals surface area contributed by atoms with E-state index in [9.17, 15) is 18.0 Å². The van der Waals surface area contributed by atoms with Crippen molar-refractivity contribution in [2.24, 2.45) is 0 Å². The van der Waals surface area contributed by atoms with Crippen LogP contribution >= 0.6 is 0 Å². The van der Waals surface area contributed by atoms with E-state index < -0.39 is 18.8 Å². The van der Waals surface area contributed by atoms with E-state index in [4.69, 9.17) is 0 Å². The number of hydrogen-bond donors (Lipinski definition) is 1. The smallest absolute Gasteiger partial charge is 0.329 e. The number of rotatable bonds is 2. The molecule has 0 bridgehead atoms.